The molecule has 1 heterocycles. The Morgan fingerprint density at radius 1 is 1.31 bits per heavy atom. The van der Waals surface area contributed by atoms with Gasteiger partial charge in [-0.3, -0.25) is 4.79 Å². The van der Waals surface area contributed by atoms with Crippen LogP contribution >= 0.6 is 11.3 Å². The van der Waals surface area contributed by atoms with Crippen LogP contribution in [0, 0.1) is 0 Å². The second kappa shape index (κ2) is 4.45. The fourth-order valence-electron chi connectivity index (χ4n) is 1.42. The molecular formula is C12H10O3S. The molecule has 4 heteroatoms. The van der Waals surface area contributed by atoms with Crippen LogP contribution in [0.15, 0.2) is 29.6 Å². The summed E-state index contributed by atoms with van der Waals surface area (Å²) in [7, 11) is 0. The zero-order valence-electron chi connectivity index (χ0n) is 8.73. The minimum atomic E-state index is -0.794. The average Bonchev–Trinajstić information content (AvgIpc) is 2.75. The van der Waals surface area contributed by atoms with E-state index in [9.17, 15) is 9.59 Å². The van der Waals surface area contributed by atoms with Gasteiger partial charge in [-0.25, -0.2) is 4.79 Å². The molecule has 3 nitrogen and oxygen atoms in total. The third-order valence-corrected chi connectivity index (χ3v) is 3.07. The number of carbonyl (C=O) groups excluding carboxylic acids is 2. The summed E-state index contributed by atoms with van der Waals surface area (Å²) in [5.74, 6) is -1.38. The number of ether oxygens (including phenoxy) is 1. The summed E-state index contributed by atoms with van der Waals surface area (Å²) in [6.07, 6.45) is 0. The SMILES string of the molecule is CCOC(=O)C(=O)c1ccc2sccc2c1. The number of ketones is 1. The Balaban J connectivity index is 2.32. The van der Waals surface area contributed by atoms with Crippen LogP contribution in [0.25, 0.3) is 10.1 Å². The van der Waals surface area contributed by atoms with Crippen LogP contribution in [0.3, 0.4) is 0 Å². The van der Waals surface area contributed by atoms with Crippen LogP contribution in [-0.4, -0.2) is 18.4 Å². The number of esters is 1. The summed E-state index contributed by atoms with van der Waals surface area (Å²) in [6, 6.07) is 7.12. The molecule has 0 N–H and O–H groups in total. The molecule has 0 aliphatic heterocycles. The van der Waals surface area contributed by atoms with Gasteiger partial charge in [0.05, 0.1) is 6.61 Å². The molecular weight excluding hydrogens is 224 g/mol. The number of benzene rings is 1. The van der Waals surface area contributed by atoms with Gasteiger partial charge in [0.15, 0.2) is 0 Å². The first-order valence-electron chi connectivity index (χ1n) is 4.91. The molecule has 82 valence electrons. The number of hydrogen-bond donors (Lipinski definition) is 0. The van der Waals surface area contributed by atoms with Crippen molar-refractivity contribution in [3.63, 3.8) is 0 Å². The largest absolute Gasteiger partial charge is 0.460 e. The zero-order chi connectivity index (χ0) is 11.5. The molecule has 16 heavy (non-hydrogen) atoms. The van der Waals surface area contributed by atoms with Gasteiger partial charge >= 0.3 is 5.97 Å². The molecule has 0 saturated heterocycles. The van der Waals surface area contributed by atoms with Gasteiger partial charge in [-0.2, -0.15) is 0 Å². The molecule has 0 saturated carbocycles. The minimum Gasteiger partial charge on any atom is -0.460 e. The molecule has 1 aromatic heterocycles. The molecule has 0 aliphatic carbocycles. The van der Waals surface area contributed by atoms with E-state index in [1.807, 2.05) is 17.5 Å². The Kier molecular flexibility index (Phi) is 3.01. The summed E-state index contributed by atoms with van der Waals surface area (Å²) >= 11 is 1.60. The van der Waals surface area contributed by atoms with E-state index in [2.05, 4.69) is 4.74 Å². The van der Waals surface area contributed by atoms with E-state index in [0.29, 0.717) is 5.56 Å². The zero-order valence-corrected chi connectivity index (χ0v) is 9.54. The highest BCUT2D eigenvalue weighted by Crippen LogP contribution is 2.22. The predicted molar refractivity (Wildman–Crippen MR) is 62.8 cm³/mol. The van der Waals surface area contributed by atoms with E-state index in [4.69, 9.17) is 0 Å². The number of fused-ring (bicyclic) bond motifs is 1. The van der Waals surface area contributed by atoms with Crippen molar-refractivity contribution in [2.24, 2.45) is 0 Å². The van der Waals surface area contributed by atoms with Crippen molar-refractivity contribution < 1.29 is 14.3 Å². The molecule has 0 spiro atoms. The van der Waals surface area contributed by atoms with Crippen LogP contribution < -0.4 is 0 Å². The first-order valence-corrected chi connectivity index (χ1v) is 5.79. The maximum Gasteiger partial charge on any atom is 0.379 e. The van der Waals surface area contributed by atoms with E-state index < -0.39 is 11.8 Å². The van der Waals surface area contributed by atoms with Crippen molar-refractivity contribution >= 4 is 33.2 Å². The third-order valence-electron chi connectivity index (χ3n) is 2.18. The third kappa shape index (κ3) is 1.97. The summed E-state index contributed by atoms with van der Waals surface area (Å²) in [5, 5.41) is 2.92. The minimum absolute atomic E-state index is 0.214. The Morgan fingerprint density at radius 2 is 2.12 bits per heavy atom. The number of thiophene rings is 1. The second-order valence-electron chi connectivity index (χ2n) is 3.22. The van der Waals surface area contributed by atoms with Crippen LogP contribution in [0.2, 0.25) is 0 Å². The van der Waals surface area contributed by atoms with Gasteiger partial charge in [0.2, 0.25) is 0 Å². The molecule has 0 radical (unpaired) electrons. The number of carbonyl (C=O) groups is 2. The van der Waals surface area contributed by atoms with Gasteiger partial charge < -0.3 is 4.74 Å². The molecule has 0 unspecified atom stereocenters. The fourth-order valence-corrected chi connectivity index (χ4v) is 2.19. The van der Waals surface area contributed by atoms with Crippen molar-refractivity contribution in [3.05, 3.63) is 35.2 Å². The topological polar surface area (TPSA) is 43.4 Å². The molecule has 2 aromatic rings. The quantitative estimate of drug-likeness (QED) is 0.466. The highest BCUT2D eigenvalue weighted by Gasteiger charge is 2.17. The monoisotopic (exact) mass is 234 g/mol. The Morgan fingerprint density at radius 3 is 2.88 bits per heavy atom. The maximum absolute atomic E-state index is 11.6. The van der Waals surface area contributed by atoms with Gasteiger partial charge in [-0.1, -0.05) is 0 Å². The lowest BCUT2D eigenvalue weighted by molar-refractivity contribution is -0.137. The standard InChI is InChI=1S/C12H10O3S/c1-2-15-12(14)11(13)9-3-4-10-8(7-9)5-6-16-10/h3-7H,2H2,1H3. The highest BCUT2D eigenvalue weighted by molar-refractivity contribution is 7.17. The average molecular weight is 234 g/mol. The maximum atomic E-state index is 11.6. The van der Waals surface area contributed by atoms with E-state index in [0.717, 1.165) is 10.1 Å². The number of rotatable bonds is 3. The van der Waals surface area contributed by atoms with Gasteiger partial charge in [-0.15, -0.1) is 11.3 Å². The van der Waals surface area contributed by atoms with Gasteiger partial charge in [0.1, 0.15) is 0 Å². The molecule has 0 fully saturated rings. The Hall–Kier alpha value is -1.68. The molecule has 0 bridgehead atoms. The van der Waals surface area contributed by atoms with Crippen LogP contribution in [0.5, 0.6) is 0 Å². The summed E-state index contributed by atoms with van der Waals surface area (Å²) < 4.78 is 5.76. The summed E-state index contributed by atoms with van der Waals surface area (Å²) in [5.41, 5.74) is 0.379. The van der Waals surface area contributed by atoms with Crippen LogP contribution in [0.1, 0.15) is 17.3 Å². The van der Waals surface area contributed by atoms with Gasteiger partial charge in [-0.05, 0) is 42.0 Å². The van der Waals surface area contributed by atoms with E-state index in [-0.39, 0.29) is 6.61 Å². The summed E-state index contributed by atoms with van der Waals surface area (Å²) in [6.45, 7) is 1.89. The highest BCUT2D eigenvalue weighted by atomic mass is 32.1. The van der Waals surface area contributed by atoms with Crippen molar-refractivity contribution in [1.82, 2.24) is 0 Å². The summed E-state index contributed by atoms with van der Waals surface area (Å²) in [4.78, 5) is 22.9. The van der Waals surface area contributed by atoms with Crippen molar-refractivity contribution in [1.29, 1.82) is 0 Å². The molecule has 0 aliphatic rings. The normalized spacial score (nSPS) is 10.3. The Bertz CT molecular complexity index is 542. The van der Waals surface area contributed by atoms with E-state index in [1.54, 1.807) is 30.4 Å². The second-order valence-corrected chi connectivity index (χ2v) is 4.17. The molecule has 0 amide bonds. The van der Waals surface area contributed by atoms with Crippen LogP contribution in [-0.2, 0) is 9.53 Å². The lowest BCUT2D eigenvalue weighted by Gasteiger charge is -2.00. The molecule has 2 rings (SSSR count). The van der Waals surface area contributed by atoms with Crippen molar-refractivity contribution in [3.8, 4) is 0 Å². The smallest absolute Gasteiger partial charge is 0.379 e. The fraction of sp³-hybridized carbons (Fsp3) is 0.167. The first-order chi connectivity index (χ1) is 7.72. The van der Waals surface area contributed by atoms with E-state index >= 15 is 0 Å². The number of hydrogen-bond acceptors (Lipinski definition) is 4. The number of Topliss-reactive ketones (excluding diaryl/α,β-unsaturated/α-hetero) is 1. The lowest BCUT2D eigenvalue weighted by atomic mass is 10.1. The first kappa shape index (κ1) is 10.8. The van der Waals surface area contributed by atoms with Gasteiger partial charge in [0.25, 0.3) is 5.78 Å². The van der Waals surface area contributed by atoms with Crippen molar-refractivity contribution in [2.75, 3.05) is 6.61 Å². The van der Waals surface area contributed by atoms with Gasteiger partial charge in [0, 0.05) is 10.3 Å². The van der Waals surface area contributed by atoms with Crippen molar-refractivity contribution in [2.45, 2.75) is 6.92 Å². The lowest BCUT2D eigenvalue weighted by Crippen LogP contribution is -2.17. The Labute approximate surface area is 96.6 Å². The predicted octanol–water partition coefficient (Wildman–Crippen LogP) is 2.65. The molecule has 0 atom stereocenters. The van der Waals surface area contributed by atoms with Crippen LogP contribution in [0.4, 0.5) is 0 Å². The molecule has 1 aromatic carbocycles. The van der Waals surface area contributed by atoms with E-state index in [1.165, 1.54) is 0 Å².